The maximum Gasteiger partial charge on any atom is 0.228 e. The van der Waals surface area contributed by atoms with Gasteiger partial charge in [-0.2, -0.15) is 0 Å². The quantitative estimate of drug-likeness (QED) is 0.881. The Morgan fingerprint density at radius 1 is 1.71 bits per heavy atom. The molecule has 0 aromatic carbocycles. The Balaban J connectivity index is 2.56. The van der Waals surface area contributed by atoms with E-state index in [0.717, 1.165) is 8.66 Å². The minimum Gasteiger partial charge on any atom is -0.395 e. The van der Waals surface area contributed by atoms with Crippen molar-refractivity contribution in [3.05, 3.63) is 20.8 Å². The van der Waals surface area contributed by atoms with Crippen LogP contribution in [0.4, 0.5) is 0 Å². The molecule has 5 heteroatoms. The van der Waals surface area contributed by atoms with Crippen LogP contribution in [-0.4, -0.2) is 24.2 Å². The molecule has 2 N–H and O–H groups in total. The number of aliphatic hydroxyl groups is 1. The Hall–Kier alpha value is -0.390. The molecule has 1 unspecified atom stereocenters. The van der Waals surface area contributed by atoms with Crippen molar-refractivity contribution in [2.75, 3.05) is 13.2 Å². The summed E-state index contributed by atoms with van der Waals surface area (Å²) in [5.74, 6) is -0.203. The number of hydrogen-bond acceptors (Lipinski definition) is 3. The van der Waals surface area contributed by atoms with E-state index in [1.807, 2.05) is 19.1 Å². The molecule has 1 rings (SSSR count). The third-order valence-electron chi connectivity index (χ3n) is 1.83. The fourth-order valence-electron chi connectivity index (χ4n) is 1.02. The number of hydrogen-bond donors (Lipinski definition) is 2. The topological polar surface area (TPSA) is 49.3 Å². The van der Waals surface area contributed by atoms with Crippen LogP contribution in [0.3, 0.4) is 0 Å². The van der Waals surface area contributed by atoms with E-state index in [0.29, 0.717) is 6.54 Å². The highest BCUT2D eigenvalue weighted by molar-refractivity contribution is 9.11. The zero-order chi connectivity index (χ0) is 10.6. The van der Waals surface area contributed by atoms with E-state index >= 15 is 0 Å². The minimum atomic E-state index is -0.155. The van der Waals surface area contributed by atoms with Crippen LogP contribution in [0.15, 0.2) is 15.9 Å². The van der Waals surface area contributed by atoms with E-state index in [1.165, 1.54) is 0 Å². The van der Waals surface area contributed by atoms with Gasteiger partial charge in [-0.25, -0.2) is 0 Å². The molecule has 78 valence electrons. The van der Waals surface area contributed by atoms with Gasteiger partial charge in [-0.05, 0) is 35.0 Å². The SMILES string of the molecule is CC(C(=O)NCCO)c1ccc(Br)s1. The molecular formula is C9H12BrNO2S. The fourth-order valence-corrected chi connectivity index (χ4v) is 2.50. The molecule has 0 aliphatic carbocycles. The van der Waals surface area contributed by atoms with Crippen LogP contribution < -0.4 is 5.32 Å². The van der Waals surface area contributed by atoms with Gasteiger partial charge in [0.25, 0.3) is 0 Å². The molecule has 0 fully saturated rings. The smallest absolute Gasteiger partial charge is 0.228 e. The zero-order valence-corrected chi connectivity index (χ0v) is 10.2. The molecule has 0 saturated carbocycles. The van der Waals surface area contributed by atoms with Crippen LogP contribution in [-0.2, 0) is 4.79 Å². The third-order valence-corrected chi connectivity index (χ3v) is 3.63. The summed E-state index contributed by atoms with van der Waals surface area (Å²) in [6.45, 7) is 2.15. The number of nitrogens with one attached hydrogen (secondary N) is 1. The second-order valence-electron chi connectivity index (χ2n) is 2.88. The Morgan fingerprint density at radius 2 is 2.43 bits per heavy atom. The van der Waals surface area contributed by atoms with Crippen molar-refractivity contribution in [2.45, 2.75) is 12.8 Å². The monoisotopic (exact) mass is 277 g/mol. The maximum absolute atomic E-state index is 11.5. The summed E-state index contributed by atoms with van der Waals surface area (Å²) in [7, 11) is 0. The Kier molecular flexibility index (Phi) is 4.57. The fraction of sp³-hybridized carbons (Fsp3) is 0.444. The minimum absolute atomic E-state index is 0.0212. The van der Waals surface area contributed by atoms with Crippen molar-refractivity contribution in [3.8, 4) is 0 Å². The molecule has 0 saturated heterocycles. The van der Waals surface area contributed by atoms with Crippen molar-refractivity contribution >= 4 is 33.2 Å². The highest BCUT2D eigenvalue weighted by Crippen LogP contribution is 2.28. The van der Waals surface area contributed by atoms with Gasteiger partial charge >= 0.3 is 0 Å². The predicted octanol–water partition coefficient (Wildman–Crippen LogP) is 1.72. The molecule has 1 aromatic rings. The van der Waals surface area contributed by atoms with Gasteiger partial charge < -0.3 is 10.4 Å². The van der Waals surface area contributed by atoms with Gasteiger partial charge in [-0.3, -0.25) is 4.79 Å². The lowest BCUT2D eigenvalue weighted by Gasteiger charge is -2.08. The molecule has 0 bridgehead atoms. The first-order valence-corrected chi connectivity index (χ1v) is 5.90. The summed E-state index contributed by atoms with van der Waals surface area (Å²) >= 11 is 4.90. The Bertz CT molecular complexity index is 314. The van der Waals surface area contributed by atoms with E-state index in [1.54, 1.807) is 11.3 Å². The molecule has 3 nitrogen and oxygen atoms in total. The van der Waals surface area contributed by atoms with E-state index in [-0.39, 0.29) is 18.4 Å². The van der Waals surface area contributed by atoms with Crippen molar-refractivity contribution in [1.82, 2.24) is 5.32 Å². The second-order valence-corrected chi connectivity index (χ2v) is 5.37. The number of carbonyl (C=O) groups is 1. The lowest BCUT2D eigenvalue weighted by atomic mass is 10.1. The summed E-state index contributed by atoms with van der Waals surface area (Å²) in [6.07, 6.45) is 0. The molecule has 0 spiro atoms. The molecule has 14 heavy (non-hydrogen) atoms. The number of amides is 1. The van der Waals surface area contributed by atoms with Crippen molar-refractivity contribution in [2.24, 2.45) is 0 Å². The molecular weight excluding hydrogens is 266 g/mol. The lowest BCUT2D eigenvalue weighted by Crippen LogP contribution is -2.29. The number of rotatable bonds is 4. The molecule has 1 heterocycles. The van der Waals surface area contributed by atoms with Gasteiger partial charge in [0.1, 0.15) is 0 Å². The second kappa shape index (κ2) is 5.48. The highest BCUT2D eigenvalue weighted by atomic mass is 79.9. The van der Waals surface area contributed by atoms with Crippen molar-refractivity contribution in [3.63, 3.8) is 0 Å². The maximum atomic E-state index is 11.5. The summed E-state index contributed by atoms with van der Waals surface area (Å²) in [4.78, 5) is 12.5. The Labute approximate surface area is 95.3 Å². The Morgan fingerprint density at radius 3 is 2.93 bits per heavy atom. The van der Waals surface area contributed by atoms with Crippen molar-refractivity contribution < 1.29 is 9.90 Å². The van der Waals surface area contributed by atoms with Crippen LogP contribution >= 0.6 is 27.3 Å². The van der Waals surface area contributed by atoms with Crippen LogP contribution in [0.5, 0.6) is 0 Å². The molecule has 0 aliphatic heterocycles. The van der Waals surface area contributed by atoms with Crippen LogP contribution in [0.2, 0.25) is 0 Å². The molecule has 1 aromatic heterocycles. The molecule has 0 radical (unpaired) electrons. The number of thiophene rings is 1. The summed E-state index contributed by atoms with van der Waals surface area (Å²) in [5.41, 5.74) is 0. The molecule has 0 aliphatic rings. The van der Waals surface area contributed by atoms with Crippen molar-refractivity contribution in [1.29, 1.82) is 0 Å². The highest BCUT2D eigenvalue weighted by Gasteiger charge is 2.15. The van der Waals surface area contributed by atoms with Gasteiger partial charge in [0, 0.05) is 11.4 Å². The lowest BCUT2D eigenvalue weighted by molar-refractivity contribution is -0.122. The first-order valence-electron chi connectivity index (χ1n) is 4.29. The van der Waals surface area contributed by atoms with Gasteiger partial charge in [-0.1, -0.05) is 0 Å². The van der Waals surface area contributed by atoms with Crippen LogP contribution in [0, 0.1) is 0 Å². The van der Waals surface area contributed by atoms with Gasteiger partial charge in [0.05, 0.1) is 16.3 Å². The van der Waals surface area contributed by atoms with Crippen LogP contribution in [0.25, 0.3) is 0 Å². The first kappa shape index (κ1) is 11.7. The summed E-state index contributed by atoms with van der Waals surface area (Å²) < 4.78 is 1.02. The van der Waals surface area contributed by atoms with Gasteiger partial charge in [0.2, 0.25) is 5.91 Å². The number of aliphatic hydroxyl groups excluding tert-OH is 1. The molecule has 1 amide bonds. The van der Waals surface area contributed by atoms with Gasteiger partial charge in [0.15, 0.2) is 0 Å². The number of halogens is 1. The van der Waals surface area contributed by atoms with E-state index in [9.17, 15) is 4.79 Å². The number of carbonyl (C=O) groups excluding carboxylic acids is 1. The first-order chi connectivity index (χ1) is 6.65. The third kappa shape index (κ3) is 3.08. The molecule has 1 atom stereocenters. The average Bonchev–Trinajstić information content (AvgIpc) is 2.60. The normalized spacial score (nSPS) is 12.5. The summed E-state index contributed by atoms with van der Waals surface area (Å²) in [5, 5.41) is 11.2. The van der Waals surface area contributed by atoms with Crippen LogP contribution in [0.1, 0.15) is 17.7 Å². The largest absolute Gasteiger partial charge is 0.395 e. The zero-order valence-electron chi connectivity index (χ0n) is 7.79. The summed E-state index contributed by atoms with van der Waals surface area (Å²) in [6, 6.07) is 3.85. The predicted molar refractivity (Wildman–Crippen MR) is 60.5 cm³/mol. The van der Waals surface area contributed by atoms with E-state index in [4.69, 9.17) is 5.11 Å². The van der Waals surface area contributed by atoms with E-state index < -0.39 is 0 Å². The standard InChI is InChI=1S/C9H12BrNO2S/c1-6(9(13)11-4-5-12)7-2-3-8(10)14-7/h2-3,6,12H,4-5H2,1H3,(H,11,13). The average molecular weight is 278 g/mol. The van der Waals surface area contributed by atoms with Gasteiger partial charge in [-0.15, -0.1) is 11.3 Å². The van der Waals surface area contributed by atoms with E-state index in [2.05, 4.69) is 21.2 Å².